The van der Waals surface area contributed by atoms with Gasteiger partial charge in [-0.05, 0) is 25.1 Å². The second kappa shape index (κ2) is 9.00. The van der Waals surface area contributed by atoms with Crippen LogP contribution in [0.1, 0.15) is 6.92 Å². The smallest absolute Gasteiger partial charge is 0.414 e. The highest BCUT2D eigenvalue weighted by Crippen LogP contribution is 2.28. The van der Waals surface area contributed by atoms with Gasteiger partial charge in [0.2, 0.25) is 0 Å². The Morgan fingerprint density at radius 2 is 1.97 bits per heavy atom. The number of nitrogens with one attached hydrogen (secondary N) is 1. The van der Waals surface area contributed by atoms with Crippen molar-refractivity contribution in [3.8, 4) is 0 Å². The van der Waals surface area contributed by atoms with Crippen molar-refractivity contribution < 1.29 is 22.3 Å². The average molecular weight is 460 g/mol. The number of carbonyl (C=O) groups is 1. The maximum absolute atomic E-state index is 14.8. The number of amides is 1. The number of piperazine rings is 1. The first-order valence-electron chi connectivity index (χ1n) is 9.54. The van der Waals surface area contributed by atoms with Crippen molar-refractivity contribution in [2.24, 2.45) is 0 Å². The summed E-state index contributed by atoms with van der Waals surface area (Å²) in [6.45, 7) is 3.74. The number of hydrogen-bond acceptors (Lipinski definition) is 6. The van der Waals surface area contributed by atoms with Crippen LogP contribution < -0.4 is 15.1 Å². The lowest BCUT2D eigenvalue weighted by Gasteiger charge is -2.36. The molecule has 2 saturated heterocycles. The van der Waals surface area contributed by atoms with Gasteiger partial charge in [0.25, 0.3) is 10.2 Å². The van der Waals surface area contributed by atoms with Crippen molar-refractivity contribution in [1.82, 2.24) is 13.9 Å². The molecule has 9 nitrogen and oxygen atoms in total. The van der Waals surface area contributed by atoms with Gasteiger partial charge in [0.05, 0.1) is 29.5 Å². The van der Waals surface area contributed by atoms with Crippen LogP contribution in [0.3, 0.4) is 0 Å². The van der Waals surface area contributed by atoms with Gasteiger partial charge in [-0.3, -0.25) is 4.90 Å². The van der Waals surface area contributed by atoms with E-state index in [1.54, 1.807) is 24.0 Å². The summed E-state index contributed by atoms with van der Waals surface area (Å²) < 4.78 is 47.1. The van der Waals surface area contributed by atoms with E-state index in [2.05, 4.69) is 5.32 Å². The Labute approximate surface area is 181 Å². The molecule has 12 heteroatoms. The minimum absolute atomic E-state index is 0.272. The molecule has 1 aromatic rings. The van der Waals surface area contributed by atoms with Gasteiger partial charge in [-0.1, -0.05) is 12.2 Å². The van der Waals surface area contributed by atoms with Crippen molar-refractivity contribution in [1.29, 1.82) is 0 Å². The molecule has 2 aliphatic rings. The van der Waals surface area contributed by atoms with E-state index in [1.807, 2.05) is 0 Å². The molecule has 0 bridgehead atoms. The zero-order valence-electron chi connectivity index (χ0n) is 17.2. The lowest BCUT2D eigenvalue weighted by Crippen LogP contribution is -2.51. The molecule has 0 aliphatic carbocycles. The number of thiocarbonyl (C=S) groups is 1. The molecule has 0 aromatic heterocycles. The second-order valence-corrected chi connectivity index (χ2v) is 10.1. The van der Waals surface area contributed by atoms with E-state index in [0.29, 0.717) is 42.5 Å². The highest BCUT2D eigenvalue weighted by atomic mass is 32.2. The SMILES string of the molecule is CC(=S)NC[C@H]1CN(c2ccc(N3CCN(S(=O)(=O)N(C)C)CC3)c(F)c2)C(=O)O1. The second-order valence-electron chi connectivity index (χ2n) is 7.37. The van der Waals surface area contributed by atoms with Gasteiger partial charge in [0, 0.05) is 40.3 Å². The highest BCUT2D eigenvalue weighted by molar-refractivity contribution is 7.86. The van der Waals surface area contributed by atoms with Gasteiger partial charge in [-0.25, -0.2) is 9.18 Å². The van der Waals surface area contributed by atoms with Crippen LogP contribution in [0.2, 0.25) is 0 Å². The normalized spacial score (nSPS) is 20.6. The third kappa shape index (κ3) is 4.82. The summed E-state index contributed by atoms with van der Waals surface area (Å²) in [7, 11) is -0.507. The number of rotatable bonds is 6. The summed E-state index contributed by atoms with van der Waals surface area (Å²) in [5.41, 5.74) is 0.791. The standard InChI is InChI=1S/C18H26FN5O4S2/c1-13(29)20-11-15-12-24(18(25)28-15)14-4-5-17(16(19)10-14)22-6-8-23(9-7-22)30(26,27)21(2)3/h4-5,10,15H,6-9,11-12H2,1-3H3,(H,20,29)/t15-/m0/s1. The Bertz CT molecular complexity index is 919. The quantitative estimate of drug-likeness (QED) is 0.636. The summed E-state index contributed by atoms with van der Waals surface area (Å²) in [5.74, 6) is -0.472. The molecule has 166 valence electrons. The van der Waals surface area contributed by atoms with Crippen LogP contribution >= 0.6 is 12.2 Å². The van der Waals surface area contributed by atoms with Crippen LogP contribution in [0, 0.1) is 5.82 Å². The maximum atomic E-state index is 14.8. The van der Waals surface area contributed by atoms with Crippen molar-refractivity contribution in [3.63, 3.8) is 0 Å². The van der Waals surface area contributed by atoms with Crippen molar-refractivity contribution in [2.75, 3.05) is 63.2 Å². The molecule has 2 heterocycles. The minimum Gasteiger partial charge on any atom is -0.442 e. The molecule has 3 rings (SSSR count). The van der Waals surface area contributed by atoms with E-state index < -0.39 is 22.1 Å². The predicted octanol–water partition coefficient (Wildman–Crippen LogP) is 1.02. The molecule has 0 saturated carbocycles. The molecular formula is C18H26FN5O4S2. The molecule has 0 radical (unpaired) electrons. The van der Waals surface area contributed by atoms with Crippen LogP contribution in [0.25, 0.3) is 0 Å². The van der Waals surface area contributed by atoms with Gasteiger partial charge in [-0.2, -0.15) is 17.0 Å². The van der Waals surface area contributed by atoms with E-state index in [-0.39, 0.29) is 19.2 Å². The van der Waals surface area contributed by atoms with Gasteiger partial charge >= 0.3 is 6.09 Å². The maximum Gasteiger partial charge on any atom is 0.414 e. The zero-order valence-corrected chi connectivity index (χ0v) is 18.8. The van der Waals surface area contributed by atoms with Crippen molar-refractivity contribution in [3.05, 3.63) is 24.0 Å². The van der Waals surface area contributed by atoms with Gasteiger partial charge in [0.1, 0.15) is 11.9 Å². The first kappa shape index (κ1) is 22.7. The summed E-state index contributed by atoms with van der Waals surface area (Å²) in [6, 6.07) is 4.59. The summed E-state index contributed by atoms with van der Waals surface area (Å²) in [6.07, 6.45) is -0.900. The fourth-order valence-corrected chi connectivity index (χ4v) is 4.58. The first-order valence-corrected chi connectivity index (χ1v) is 11.3. The number of hydrogen-bond donors (Lipinski definition) is 1. The third-order valence-corrected chi connectivity index (χ3v) is 7.15. The number of carbonyl (C=O) groups excluding carboxylic acids is 1. The van der Waals surface area contributed by atoms with Crippen LogP contribution in [0.4, 0.5) is 20.6 Å². The molecule has 30 heavy (non-hydrogen) atoms. The molecule has 1 atom stereocenters. The number of anilines is 2. The molecule has 1 amide bonds. The lowest BCUT2D eigenvalue weighted by molar-refractivity contribution is 0.143. The van der Waals surface area contributed by atoms with Crippen molar-refractivity contribution >= 4 is 44.9 Å². The topological polar surface area (TPSA) is 85.4 Å². The Balaban J connectivity index is 1.65. The number of benzene rings is 1. The van der Waals surface area contributed by atoms with Crippen LogP contribution in [0.15, 0.2) is 18.2 Å². The minimum atomic E-state index is -3.48. The van der Waals surface area contributed by atoms with Gasteiger partial charge in [-0.15, -0.1) is 0 Å². The number of ether oxygens (including phenoxy) is 1. The van der Waals surface area contributed by atoms with E-state index in [9.17, 15) is 17.6 Å². The van der Waals surface area contributed by atoms with Crippen LogP contribution in [-0.2, 0) is 14.9 Å². The third-order valence-electron chi connectivity index (χ3n) is 5.06. The van der Waals surface area contributed by atoms with Gasteiger partial charge in [0.15, 0.2) is 0 Å². The Hall–Kier alpha value is -2.02. The molecular weight excluding hydrogens is 433 g/mol. The fraction of sp³-hybridized carbons (Fsp3) is 0.556. The van der Waals surface area contributed by atoms with Crippen LogP contribution in [-0.4, -0.2) is 87.6 Å². The molecule has 2 fully saturated rings. The largest absolute Gasteiger partial charge is 0.442 e. The van der Waals surface area contributed by atoms with E-state index in [4.69, 9.17) is 17.0 Å². The number of halogens is 1. The van der Waals surface area contributed by atoms with Crippen molar-refractivity contribution in [2.45, 2.75) is 13.0 Å². The molecule has 1 aromatic carbocycles. The Kier molecular flexibility index (Phi) is 6.80. The summed E-state index contributed by atoms with van der Waals surface area (Å²) in [5, 5.41) is 2.96. The molecule has 0 unspecified atom stereocenters. The van der Waals surface area contributed by atoms with Gasteiger partial charge < -0.3 is 15.0 Å². The Morgan fingerprint density at radius 3 is 2.53 bits per heavy atom. The Morgan fingerprint density at radius 1 is 1.30 bits per heavy atom. The van der Waals surface area contributed by atoms with E-state index in [0.717, 1.165) is 0 Å². The number of cyclic esters (lactones) is 1. The average Bonchev–Trinajstić information content (AvgIpc) is 3.07. The van der Waals surface area contributed by atoms with Crippen LogP contribution in [0.5, 0.6) is 0 Å². The summed E-state index contributed by atoms with van der Waals surface area (Å²) >= 11 is 4.96. The predicted molar refractivity (Wildman–Crippen MR) is 117 cm³/mol. The summed E-state index contributed by atoms with van der Waals surface area (Å²) in [4.78, 5) is 16.0. The van der Waals surface area contributed by atoms with E-state index in [1.165, 1.54) is 33.7 Å². The fourth-order valence-electron chi connectivity index (χ4n) is 3.41. The lowest BCUT2D eigenvalue weighted by atomic mass is 10.2. The zero-order chi connectivity index (χ0) is 22.1. The molecule has 2 aliphatic heterocycles. The first-order chi connectivity index (χ1) is 14.1. The number of nitrogens with zero attached hydrogens (tertiary/aromatic N) is 4. The van der Waals surface area contributed by atoms with E-state index >= 15 is 0 Å². The molecule has 1 N–H and O–H groups in total. The monoisotopic (exact) mass is 459 g/mol. The molecule has 0 spiro atoms. The highest BCUT2D eigenvalue weighted by Gasteiger charge is 2.33.